The number of aromatic nitrogens is 2. The third-order valence-electron chi connectivity index (χ3n) is 3.02. The monoisotopic (exact) mass is 193 g/mol. The molecule has 1 N–H and O–H groups in total. The van der Waals surface area contributed by atoms with Crippen LogP contribution in [0.2, 0.25) is 0 Å². The molecule has 0 bridgehead atoms. The van der Waals surface area contributed by atoms with Crippen molar-refractivity contribution in [3.05, 3.63) is 11.7 Å². The van der Waals surface area contributed by atoms with E-state index >= 15 is 0 Å². The summed E-state index contributed by atoms with van der Waals surface area (Å²) in [5.41, 5.74) is 0. The lowest BCUT2D eigenvalue weighted by atomic mass is 10.2. The van der Waals surface area contributed by atoms with Crippen LogP contribution < -0.4 is 5.32 Å². The number of nitrogens with one attached hydrogen (secondary N) is 1. The molecule has 3 rings (SSSR count). The van der Waals surface area contributed by atoms with Crippen LogP contribution in [0.25, 0.3) is 0 Å². The second-order valence-electron chi connectivity index (χ2n) is 4.34. The number of hydrogen-bond acceptors (Lipinski definition) is 4. The number of hydrogen-bond donors (Lipinski definition) is 1. The van der Waals surface area contributed by atoms with Crippen molar-refractivity contribution < 1.29 is 4.52 Å². The Balaban J connectivity index is 1.68. The van der Waals surface area contributed by atoms with Gasteiger partial charge in [-0.05, 0) is 38.1 Å². The number of nitrogens with zero attached hydrogens (tertiary/aromatic N) is 2. The molecule has 1 aromatic rings. The topological polar surface area (TPSA) is 51.0 Å². The highest BCUT2D eigenvalue weighted by Gasteiger charge is 2.26. The van der Waals surface area contributed by atoms with E-state index in [1.54, 1.807) is 0 Å². The van der Waals surface area contributed by atoms with Crippen LogP contribution in [-0.4, -0.2) is 16.7 Å². The molecule has 1 aliphatic heterocycles. The normalized spacial score (nSPS) is 27.0. The van der Waals surface area contributed by atoms with Crippen LogP contribution in [0.1, 0.15) is 43.4 Å². The van der Waals surface area contributed by atoms with Crippen LogP contribution in [0.3, 0.4) is 0 Å². The molecule has 2 fully saturated rings. The molecule has 1 aromatic heterocycles. The highest BCUT2D eigenvalue weighted by molar-refractivity contribution is 4.98. The van der Waals surface area contributed by atoms with Gasteiger partial charge in [-0.25, -0.2) is 0 Å². The van der Waals surface area contributed by atoms with Crippen molar-refractivity contribution >= 4 is 0 Å². The van der Waals surface area contributed by atoms with Gasteiger partial charge in [0, 0.05) is 6.42 Å². The maximum absolute atomic E-state index is 5.23. The van der Waals surface area contributed by atoms with Gasteiger partial charge in [-0.15, -0.1) is 0 Å². The first-order valence-corrected chi connectivity index (χ1v) is 5.47. The second-order valence-corrected chi connectivity index (χ2v) is 4.34. The second kappa shape index (κ2) is 3.35. The summed E-state index contributed by atoms with van der Waals surface area (Å²) in [6.07, 6.45) is 6.01. The quantitative estimate of drug-likeness (QED) is 0.789. The molecule has 0 radical (unpaired) electrons. The zero-order chi connectivity index (χ0) is 9.38. The van der Waals surface area contributed by atoms with Gasteiger partial charge in [0.25, 0.3) is 0 Å². The molecule has 1 unspecified atom stereocenters. The first-order valence-electron chi connectivity index (χ1n) is 5.47. The van der Waals surface area contributed by atoms with E-state index < -0.39 is 0 Å². The molecule has 1 saturated heterocycles. The Hall–Kier alpha value is -0.900. The minimum atomic E-state index is 0.340. The molecule has 4 heteroatoms. The molecule has 4 nitrogen and oxygen atoms in total. The van der Waals surface area contributed by atoms with Crippen molar-refractivity contribution in [2.45, 2.75) is 38.1 Å². The van der Waals surface area contributed by atoms with Crippen molar-refractivity contribution in [3.8, 4) is 0 Å². The van der Waals surface area contributed by atoms with Gasteiger partial charge in [0.05, 0.1) is 6.04 Å². The van der Waals surface area contributed by atoms with E-state index in [1.165, 1.54) is 19.3 Å². The predicted octanol–water partition coefficient (Wildman–Crippen LogP) is 1.45. The minimum absolute atomic E-state index is 0.340. The Labute approximate surface area is 83.1 Å². The van der Waals surface area contributed by atoms with E-state index in [0.29, 0.717) is 6.04 Å². The average Bonchev–Trinajstić information content (AvgIpc) is 2.71. The lowest BCUT2D eigenvalue weighted by Gasteiger charge is -2.01. The van der Waals surface area contributed by atoms with Gasteiger partial charge < -0.3 is 9.84 Å². The smallest absolute Gasteiger partial charge is 0.226 e. The third kappa shape index (κ3) is 1.66. The molecule has 1 saturated carbocycles. The molecule has 0 spiro atoms. The highest BCUT2D eigenvalue weighted by atomic mass is 16.5. The summed E-state index contributed by atoms with van der Waals surface area (Å²) < 4.78 is 5.23. The fraction of sp³-hybridized carbons (Fsp3) is 0.800. The van der Waals surface area contributed by atoms with E-state index in [-0.39, 0.29) is 0 Å². The summed E-state index contributed by atoms with van der Waals surface area (Å²) >= 11 is 0. The lowest BCUT2D eigenvalue weighted by Crippen LogP contribution is -2.14. The van der Waals surface area contributed by atoms with Gasteiger partial charge in [-0.1, -0.05) is 5.16 Å². The van der Waals surface area contributed by atoms with Gasteiger partial charge in [0.15, 0.2) is 5.82 Å². The average molecular weight is 193 g/mol. The van der Waals surface area contributed by atoms with Crippen molar-refractivity contribution in [2.24, 2.45) is 5.92 Å². The summed E-state index contributed by atoms with van der Waals surface area (Å²) in [7, 11) is 0. The maximum atomic E-state index is 5.23. The highest BCUT2D eigenvalue weighted by Crippen LogP contribution is 2.32. The van der Waals surface area contributed by atoms with Crippen molar-refractivity contribution in [2.75, 3.05) is 6.54 Å². The summed E-state index contributed by atoms with van der Waals surface area (Å²) in [5, 5.41) is 7.40. The van der Waals surface area contributed by atoms with Crippen LogP contribution in [0.4, 0.5) is 0 Å². The van der Waals surface area contributed by atoms with Gasteiger partial charge >= 0.3 is 0 Å². The Morgan fingerprint density at radius 3 is 3.00 bits per heavy atom. The zero-order valence-corrected chi connectivity index (χ0v) is 8.20. The van der Waals surface area contributed by atoms with Gasteiger partial charge in [0.2, 0.25) is 5.89 Å². The van der Waals surface area contributed by atoms with Crippen LogP contribution >= 0.6 is 0 Å². The lowest BCUT2D eigenvalue weighted by molar-refractivity contribution is 0.363. The third-order valence-corrected chi connectivity index (χ3v) is 3.02. The summed E-state index contributed by atoms with van der Waals surface area (Å²) in [6, 6.07) is 0.340. The van der Waals surface area contributed by atoms with Gasteiger partial charge in [0.1, 0.15) is 0 Å². The summed E-state index contributed by atoms with van der Waals surface area (Å²) in [4.78, 5) is 4.43. The summed E-state index contributed by atoms with van der Waals surface area (Å²) in [5.74, 6) is 2.51. The van der Waals surface area contributed by atoms with E-state index in [1.807, 2.05) is 0 Å². The Morgan fingerprint density at radius 1 is 1.36 bits per heavy atom. The van der Waals surface area contributed by atoms with Crippen LogP contribution in [0.15, 0.2) is 4.52 Å². The van der Waals surface area contributed by atoms with E-state index in [4.69, 9.17) is 4.52 Å². The van der Waals surface area contributed by atoms with Gasteiger partial charge in [-0.3, -0.25) is 0 Å². The van der Waals surface area contributed by atoms with E-state index in [9.17, 15) is 0 Å². The molecular formula is C10H15N3O. The molecule has 1 atom stereocenters. The van der Waals surface area contributed by atoms with Crippen molar-refractivity contribution in [1.29, 1.82) is 0 Å². The Bertz CT molecular complexity index is 313. The van der Waals surface area contributed by atoms with E-state index in [0.717, 1.165) is 37.0 Å². The zero-order valence-electron chi connectivity index (χ0n) is 8.20. The molecule has 76 valence electrons. The first kappa shape index (κ1) is 8.41. The SMILES string of the molecule is C1CNC(c2noc(CC3CC3)n2)C1. The Morgan fingerprint density at radius 2 is 2.29 bits per heavy atom. The van der Waals surface area contributed by atoms with Crippen molar-refractivity contribution in [1.82, 2.24) is 15.5 Å². The molecule has 1 aliphatic carbocycles. The fourth-order valence-electron chi connectivity index (χ4n) is 1.97. The van der Waals surface area contributed by atoms with Crippen molar-refractivity contribution in [3.63, 3.8) is 0 Å². The van der Waals surface area contributed by atoms with E-state index in [2.05, 4.69) is 15.5 Å². The molecule has 2 aliphatic rings. The molecule has 0 aromatic carbocycles. The molecular weight excluding hydrogens is 178 g/mol. The predicted molar refractivity (Wildman–Crippen MR) is 50.7 cm³/mol. The minimum Gasteiger partial charge on any atom is -0.339 e. The van der Waals surface area contributed by atoms with Crippen LogP contribution in [0.5, 0.6) is 0 Å². The van der Waals surface area contributed by atoms with Crippen LogP contribution in [0, 0.1) is 5.92 Å². The largest absolute Gasteiger partial charge is 0.339 e. The first-order chi connectivity index (χ1) is 6.92. The number of rotatable bonds is 3. The fourth-order valence-corrected chi connectivity index (χ4v) is 1.97. The Kier molecular flexibility index (Phi) is 2.01. The standard InChI is InChI=1S/C10H15N3O/c1-2-8(11-5-1)10-12-9(14-13-10)6-7-3-4-7/h7-8,11H,1-6H2. The molecule has 2 heterocycles. The summed E-state index contributed by atoms with van der Waals surface area (Å²) in [6.45, 7) is 1.08. The molecule has 0 amide bonds. The van der Waals surface area contributed by atoms with Gasteiger partial charge in [-0.2, -0.15) is 4.98 Å². The maximum Gasteiger partial charge on any atom is 0.226 e. The van der Waals surface area contributed by atoms with Crippen LogP contribution in [-0.2, 0) is 6.42 Å². The molecule has 14 heavy (non-hydrogen) atoms.